The summed E-state index contributed by atoms with van der Waals surface area (Å²) in [5.41, 5.74) is 1.18. The molecule has 0 saturated carbocycles. The lowest BCUT2D eigenvalue weighted by molar-refractivity contribution is 0.0956. The number of aromatic nitrogens is 4. The average Bonchev–Trinajstić information content (AvgIpc) is 2.47. The van der Waals surface area contributed by atoms with Gasteiger partial charge in [0.1, 0.15) is 11.9 Å². The van der Waals surface area contributed by atoms with E-state index in [4.69, 9.17) is 5.26 Å². The number of amides is 1. The third-order valence-electron chi connectivity index (χ3n) is 2.45. The van der Waals surface area contributed by atoms with E-state index in [1.54, 1.807) is 13.0 Å². The van der Waals surface area contributed by atoms with Gasteiger partial charge in [0, 0.05) is 7.05 Å². The molecule has 2 aromatic rings. The van der Waals surface area contributed by atoms with Crippen molar-refractivity contribution in [2.24, 2.45) is 0 Å². The Kier molecular flexibility index (Phi) is 3.81. The lowest BCUT2D eigenvalue weighted by Gasteiger charge is -2.06. The van der Waals surface area contributed by atoms with E-state index in [0.29, 0.717) is 17.2 Å². The molecule has 8 nitrogen and oxygen atoms in total. The van der Waals surface area contributed by atoms with Gasteiger partial charge in [-0.2, -0.15) is 5.26 Å². The van der Waals surface area contributed by atoms with Crippen molar-refractivity contribution in [1.29, 1.82) is 5.26 Å². The molecule has 0 fully saturated rings. The van der Waals surface area contributed by atoms with Crippen LogP contribution in [-0.4, -0.2) is 33.1 Å². The molecular formula is C12H11N7O. The molecule has 0 atom stereocenters. The van der Waals surface area contributed by atoms with Gasteiger partial charge in [0.15, 0.2) is 17.2 Å². The van der Waals surface area contributed by atoms with Gasteiger partial charge in [-0.1, -0.05) is 0 Å². The monoisotopic (exact) mass is 269 g/mol. The Bertz CT molecular complexity index is 675. The molecule has 8 heteroatoms. The van der Waals surface area contributed by atoms with Gasteiger partial charge in [0.25, 0.3) is 5.91 Å². The fourth-order valence-corrected chi connectivity index (χ4v) is 1.47. The predicted octanol–water partition coefficient (Wildman–Crippen LogP) is 0.550. The first kappa shape index (κ1) is 13.4. The van der Waals surface area contributed by atoms with Crippen LogP contribution in [-0.2, 0) is 0 Å². The van der Waals surface area contributed by atoms with Gasteiger partial charge in [-0.05, 0) is 18.6 Å². The molecule has 20 heavy (non-hydrogen) atoms. The summed E-state index contributed by atoms with van der Waals surface area (Å²) in [7, 11) is 1.53. The highest BCUT2D eigenvalue weighted by Gasteiger charge is 2.11. The number of anilines is 2. The van der Waals surface area contributed by atoms with Gasteiger partial charge in [-0.25, -0.2) is 9.97 Å². The molecule has 2 rings (SSSR count). The minimum Gasteiger partial charge on any atom is -0.354 e. The van der Waals surface area contributed by atoms with Crippen LogP contribution in [0.25, 0.3) is 0 Å². The highest BCUT2D eigenvalue weighted by molar-refractivity contribution is 5.93. The first-order valence-corrected chi connectivity index (χ1v) is 5.69. The second kappa shape index (κ2) is 5.71. The zero-order valence-electron chi connectivity index (χ0n) is 10.9. The number of hydrogen-bond donors (Lipinski definition) is 2. The predicted molar refractivity (Wildman–Crippen MR) is 70.2 cm³/mol. The molecule has 0 aromatic carbocycles. The highest BCUT2D eigenvalue weighted by Crippen LogP contribution is 2.13. The molecular weight excluding hydrogens is 258 g/mol. The molecule has 0 aliphatic heterocycles. The standard InChI is InChI=1S/C12H11N7O/c1-7-3-9(18-19-11(7)12(20)14-2)17-10-6-15-8(4-13)5-16-10/h3,5-6H,1-2H3,(H,14,20)(H,16,17,18). The van der Waals surface area contributed by atoms with Gasteiger partial charge in [0.2, 0.25) is 0 Å². The number of carbonyl (C=O) groups excluding carboxylic acids is 1. The van der Waals surface area contributed by atoms with Crippen LogP contribution < -0.4 is 10.6 Å². The topological polar surface area (TPSA) is 116 Å². The number of rotatable bonds is 3. The first-order valence-electron chi connectivity index (χ1n) is 5.69. The minimum absolute atomic E-state index is 0.229. The Balaban J connectivity index is 2.20. The largest absolute Gasteiger partial charge is 0.354 e. The quantitative estimate of drug-likeness (QED) is 0.835. The van der Waals surface area contributed by atoms with E-state index in [-0.39, 0.29) is 17.3 Å². The molecule has 2 aromatic heterocycles. The average molecular weight is 269 g/mol. The number of nitrogens with zero attached hydrogens (tertiary/aromatic N) is 5. The Morgan fingerprint density at radius 3 is 2.60 bits per heavy atom. The number of aryl methyl sites for hydroxylation is 1. The van der Waals surface area contributed by atoms with E-state index in [9.17, 15) is 4.79 Å². The maximum Gasteiger partial charge on any atom is 0.271 e. The van der Waals surface area contributed by atoms with E-state index in [1.807, 2.05) is 6.07 Å². The molecule has 0 aliphatic rings. The molecule has 0 bridgehead atoms. The molecule has 2 heterocycles. The van der Waals surface area contributed by atoms with Gasteiger partial charge in [0.05, 0.1) is 12.4 Å². The van der Waals surface area contributed by atoms with Gasteiger partial charge in [-0.15, -0.1) is 10.2 Å². The zero-order chi connectivity index (χ0) is 14.5. The second-order valence-electron chi connectivity index (χ2n) is 3.86. The van der Waals surface area contributed by atoms with E-state index in [1.165, 1.54) is 19.4 Å². The van der Waals surface area contributed by atoms with Crippen LogP contribution in [0.1, 0.15) is 21.7 Å². The van der Waals surface area contributed by atoms with Crippen LogP contribution in [0.4, 0.5) is 11.6 Å². The number of nitrogens with one attached hydrogen (secondary N) is 2. The van der Waals surface area contributed by atoms with Crippen molar-refractivity contribution in [2.45, 2.75) is 6.92 Å². The van der Waals surface area contributed by atoms with Crippen LogP contribution in [0.2, 0.25) is 0 Å². The lowest BCUT2D eigenvalue weighted by atomic mass is 10.2. The second-order valence-corrected chi connectivity index (χ2v) is 3.86. The van der Waals surface area contributed by atoms with Crippen molar-refractivity contribution in [1.82, 2.24) is 25.5 Å². The summed E-state index contributed by atoms with van der Waals surface area (Å²) in [5.74, 6) is 0.583. The maximum atomic E-state index is 11.5. The summed E-state index contributed by atoms with van der Waals surface area (Å²) in [5, 5.41) is 21.8. The van der Waals surface area contributed by atoms with Crippen LogP contribution in [0.3, 0.4) is 0 Å². The fraction of sp³-hybridized carbons (Fsp3) is 0.167. The lowest BCUT2D eigenvalue weighted by Crippen LogP contribution is -2.21. The summed E-state index contributed by atoms with van der Waals surface area (Å²) in [6.45, 7) is 1.76. The Labute approximate surface area is 114 Å². The summed E-state index contributed by atoms with van der Waals surface area (Å²) in [6, 6.07) is 3.56. The minimum atomic E-state index is -0.292. The Morgan fingerprint density at radius 2 is 2.05 bits per heavy atom. The van der Waals surface area contributed by atoms with Crippen molar-refractivity contribution >= 4 is 17.5 Å². The van der Waals surface area contributed by atoms with Crippen LogP contribution in [0.15, 0.2) is 18.5 Å². The van der Waals surface area contributed by atoms with E-state index < -0.39 is 0 Å². The normalized spacial score (nSPS) is 9.65. The van der Waals surface area contributed by atoms with Crippen molar-refractivity contribution in [3.8, 4) is 6.07 Å². The van der Waals surface area contributed by atoms with E-state index in [2.05, 4.69) is 30.8 Å². The van der Waals surface area contributed by atoms with Crippen LogP contribution in [0.5, 0.6) is 0 Å². The molecule has 1 amide bonds. The summed E-state index contributed by atoms with van der Waals surface area (Å²) >= 11 is 0. The molecule has 100 valence electrons. The fourth-order valence-electron chi connectivity index (χ4n) is 1.47. The van der Waals surface area contributed by atoms with Gasteiger partial charge < -0.3 is 10.6 Å². The van der Waals surface area contributed by atoms with Crippen molar-refractivity contribution < 1.29 is 4.79 Å². The Hall–Kier alpha value is -3.08. The van der Waals surface area contributed by atoms with Gasteiger partial charge >= 0.3 is 0 Å². The number of hydrogen-bond acceptors (Lipinski definition) is 7. The van der Waals surface area contributed by atoms with E-state index in [0.717, 1.165) is 0 Å². The van der Waals surface area contributed by atoms with Crippen LogP contribution in [0, 0.1) is 18.3 Å². The Morgan fingerprint density at radius 1 is 1.25 bits per heavy atom. The van der Waals surface area contributed by atoms with Gasteiger partial charge in [-0.3, -0.25) is 4.79 Å². The van der Waals surface area contributed by atoms with Crippen molar-refractivity contribution in [2.75, 3.05) is 12.4 Å². The molecule has 0 saturated heterocycles. The highest BCUT2D eigenvalue weighted by atomic mass is 16.1. The molecule has 0 radical (unpaired) electrons. The SMILES string of the molecule is CNC(=O)c1nnc(Nc2cnc(C#N)cn2)cc1C. The molecule has 0 spiro atoms. The molecule has 0 aliphatic carbocycles. The maximum absolute atomic E-state index is 11.5. The number of carbonyl (C=O) groups is 1. The van der Waals surface area contributed by atoms with Crippen molar-refractivity contribution in [3.05, 3.63) is 35.4 Å². The summed E-state index contributed by atoms with van der Waals surface area (Å²) in [4.78, 5) is 19.4. The van der Waals surface area contributed by atoms with Crippen LogP contribution >= 0.6 is 0 Å². The third kappa shape index (κ3) is 2.84. The molecule has 0 unspecified atom stereocenters. The van der Waals surface area contributed by atoms with E-state index >= 15 is 0 Å². The summed E-state index contributed by atoms with van der Waals surface area (Å²) < 4.78 is 0. The number of nitriles is 1. The summed E-state index contributed by atoms with van der Waals surface area (Å²) in [6.07, 6.45) is 2.77. The third-order valence-corrected chi connectivity index (χ3v) is 2.45. The smallest absolute Gasteiger partial charge is 0.271 e. The van der Waals surface area contributed by atoms with Crippen molar-refractivity contribution in [3.63, 3.8) is 0 Å². The molecule has 2 N–H and O–H groups in total. The zero-order valence-corrected chi connectivity index (χ0v) is 10.9. The first-order chi connectivity index (χ1) is 9.63.